The number of hydrogen-bond acceptors (Lipinski definition) is 5. The lowest BCUT2D eigenvalue weighted by molar-refractivity contribution is 0.138. The van der Waals surface area contributed by atoms with Crippen LogP contribution in [0.2, 0.25) is 0 Å². The Balaban J connectivity index is 1.36. The van der Waals surface area contributed by atoms with Crippen LogP contribution in [0.15, 0.2) is 30.3 Å². The molecule has 2 aromatic rings. The van der Waals surface area contributed by atoms with Gasteiger partial charge in [0.2, 0.25) is 0 Å². The molecule has 0 unspecified atom stereocenters. The van der Waals surface area contributed by atoms with Gasteiger partial charge in [-0.2, -0.15) is 0 Å². The van der Waals surface area contributed by atoms with Gasteiger partial charge in [-0.25, -0.2) is 4.79 Å². The molecule has 1 amide bonds. The van der Waals surface area contributed by atoms with Crippen molar-refractivity contribution in [1.29, 1.82) is 0 Å². The van der Waals surface area contributed by atoms with Crippen LogP contribution in [-0.4, -0.2) is 40.1 Å². The van der Waals surface area contributed by atoms with E-state index in [0.717, 1.165) is 30.3 Å². The lowest BCUT2D eigenvalue weighted by Gasteiger charge is -2.19. The van der Waals surface area contributed by atoms with Crippen LogP contribution in [-0.2, 0) is 17.7 Å². The van der Waals surface area contributed by atoms with Gasteiger partial charge in [-0.05, 0) is 31.9 Å². The van der Waals surface area contributed by atoms with E-state index >= 15 is 0 Å². The number of para-hydroxylation sites is 1. The smallest absolute Gasteiger partial charge is 0.414 e. The molecule has 1 aromatic heterocycles. The Bertz CT molecular complexity index is 745. The zero-order valence-electron chi connectivity index (χ0n) is 14.4. The summed E-state index contributed by atoms with van der Waals surface area (Å²) in [4.78, 5) is 13.8. The molecule has 1 aromatic carbocycles. The van der Waals surface area contributed by atoms with Crippen LogP contribution < -0.4 is 10.2 Å². The second-order valence-electron chi connectivity index (χ2n) is 6.67. The topological polar surface area (TPSA) is 72.3 Å². The van der Waals surface area contributed by atoms with Crippen molar-refractivity contribution in [3.63, 3.8) is 0 Å². The minimum Gasteiger partial charge on any atom is -0.443 e. The summed E-state index contributed by atoms with van der Waals surface area (Å²) in [5, 5.41) is 12.1. The van der Waals surface area contributed by atoms with Crippen molar-refractivity contribution in [2.24, 2.45) is 0 Å². The Labute approximate surface area is 147 Å². The Morgan fingerprint density at radius 1 is 1.28 bits per heavy atom. The molecule has 7 nitrogen and oxygen atoms in total. The van der Waals surface area contributed by atoms with Crippen LogP contribution >= 0.6 is 0 Å². The molecule has 132 valence electrons. The minimum absolute atomic E-state index is 0.0730. The van der Waals surface area contributed by atoms with E-state index < -0.39 is 0 Å². The van der Waals surface area contributed by atoms with E-state index in [1.807, 2.05) is 30.3 Å². The average Bonchev–Trinajstić information content (AvgIpc) is 3.24. The number of nitrogens with zero attached hydrogens (tertiary/aromatic N) is 4. The number of ether oxygens (including phenoxy) is 1. The van der Waals surface area contributed by atoms with Crippen molar-refractivity contribution in [1.82, 2.24) is 20.1 Å². The maximum Gasteiger partial charge on any atom is 0.414 e. The van der Waals surface area contributed by atoms with E-state index in [0.29, 0.717) is 13.1 Å². The first kappa shape index (κ1) is 16.1. The van der Waals surface area contributed by atoms with Crippen LogP contribution in [0.5, 0.6) is 0 Å². The summed E-state index contributed by atoms with van der Waals surface area (Å²) in [6.45, 7) is 4.22. The summed E-state index contributed by atoms with van der Waals surface area (Å²) >= 11 is 0. The predicted molar refractivity (Wildman–Crippen MR) is 93.4 cm³/mol. The molecule has 25 heavy (non-hydrogen) atoms. The van der Waals surface area contributed by atoms with E-state index in [1.165, 1.54) is 12.8 Å². The van der Waals surface area contributed by atoms with Crippen molar-refractivity contribution < 1.29 is 9.53 Å². The Morgan fingerprint density at radius 3 is 2.96 bits per heavy atom. The molecule has 1 saturated heterocycles. The summed E-state index contributed by atoms with van der Waals surface area (Å²) in [6.07, 6.45) is 2.92. The number of carbonyl (C=O) groups excluding carboxylic acids is 1. The number of fused-ring (bicyclic) bond motifs is 1. The average molecular weight is 341 g/mol. The highest BCUT2D eigenvalue weighted by molar-refractivity contribution is 5.89. The van der Waals surface area contributed by atoms with Gasteiger partial charge in [0.15, 0.2) is 0 Å². The third-order valence-corrected chi connectivity index (χ3v) is 4.87. The van der Waals surface area contributed by atoms with Gasteiger partial charge in [0.05, 0.1) is 12.6 Å². The van der Waals surface area contributed by atoms with Crippen LogP contribution in [0.1, 0.15) is 37.5 Å². The first-order chi connectivity index (χ1) is 12.2. The second-order valence-corrected chi connectivity index (χ2v) is 6.67. The van der Waals surface area contributed by atoms with Crippen LogP contribution in [0.25, 0.3) is 0 Å². The van der Waals surface area contributed by atoms with Gasteiger partial charge in [0, 0.05) is 25.2 Å². The van der Waals surface area contributed by atoms with Gasteiger partial charge in [-0.3, -0.25) is 4.90 Å². The monoisotopic (exact) mass is 341 g/mol. The maximum absolute atomic E-state index is 12.1. The van der Waals surface area contributed by atoms with Crippen molar-refractivity contribution in [2.75, 3.05) is 18.0 Å². The molecular weight excluding hydrogens is 318 g/mol. The summed E-state index contributed by atoms with van der Waals surface area (Å²) in [5.74, 6) is 2.05. The van der Waals surface area contributed by atoms with E-state index in [9.17, 15) is 4.79 Å². The van der Waals surface area contributed by atoms with E-state index in [-0.39, 0.29) is 18.2 Å². The molecule has 0 spiro atoms. The fourth-order valence-corrected chi connectivity index (χ4v) is 3.50. The lowest BCUT2D eigenvalue weighted by atomic mass is 10.1. The quantitative estimate of drug-likeness (QED) is 0.903. The number of cyclic esters (lactones) is 1. The van der Waals surface area contributed by atoms with Crippen molar-refractivity contribution in [3.8, 4) is 0 Å². The highest BCUT2D eigenvalue weighted by Gasteiger charge is 2.32. The summed E-state index contributed by atoms with van der Waals surface area (Å²) in [6, 6.07) is 9.69. The van der Waals surface area contributed by atoms with Crippen LogP contribution in [0.4, 0.5) is 10.5 Å². The SMILES string of the molecule is C[C@@H](NC[C@H]1CN(c2ccccc2)C(=O)O1)c1nnc2n1CCCC2. The van der Waals surface area contributed by atoms with Crippen LogP contribution in [0, 0.1) is 0 Å². The van der Waals surface area contributed by atoms with Crippen LogP contribution in [0.3, 0.4) is 0 Å². The van der Waals surface area contributed by atoms with Gasteiger partial charge in [-0.15, -0.1) is 10.2 Å². The summed E-state index contributed by atoms with van der Waals surface area (Å²) < 4.78 is 7.71. The standard InChI is InChI=1S/C18H23N5O2/c1-13(17-21-20-16-9-5-6-10-22(16)17)19-11-15-12-23(18(24)25-15)14-7-3-2-4-8-14/h2-4,7-8,13,15,19H,5-6,9-12H2,1H3/t13-,15+/m1/s1. The van der Waals surface area contributed by atoms with Gasteiger partial charge in [-0.1, -0.05) is 18.2 Å². The number of aryl methyl sites for hydroxylation is 1. The van der Waals surface area contributed by atoms with E-state index in [4.69, 9.17) is 4.74 Å². The first-order valence-corrected chi connectivity index (χ1v) is 8.91. The van der Waals surface area contributed by atoms with Crippen molar-refractivity contribution in [3.05, 3.63) is 42.0 Å². The van der Waals surface area contributed by atoms with Gasteiger partial charge in [0.25, 0.3) is 0 Å². The van der Waals surface area contributed by atoms with Crippen molar-refractivity contribution in [2.45, 2.75) is 44.9 Å². The number of nitrogens with one attached hydrogen (secondary N) is 1. The molecule has 0 aliphatic carbocycles. The van der Waals surface area contributed by atoms with Gasteiger partial charge in [0.1, 0.15) is 17.8 Å². The molecule has 2 aliphatic rings. The third kappa shape index (κ3) is 3.24. The molecule has 4 rings (SSSR count). The third-order valence-electron chi connectivity index (χ3n) is 4.87. The molecule has 1 N–H and O–H groups in total. The zero-order chi connectivity index (χ0) is 17.2. The highest BCUT2D eigenvalue weighted by Crippen LogP contribution is 2.22. The molecule has 7 heteroatoms. The molecular formula is C18H23N5O2. The molecule has 2 aliphatic heterocycles. The lowest BCUT2D eigenvalue weighted by Crippen LogP contribution is -2.33. The van der Waals surface area contributed by atoms with Gasteiger partial charge < -0.3 is 14.6 Å². The summed E-state index contributed by atoms with van der Waals surface area (Å²) in [7, 11) is 0. The number of anilines is 1. The fourth-order valence-electron chi connectivity index (χ4n) is 3.50. The molecule has 2 atom stereocenters. The normalized spacial score (nSPS) is 21.1. The largest absolute Gasteiger partial charge is 0.443 e. The fraction of sp³-hybridized carbons (Fsp3) is 0.500. The minimum atomic E-state index is -0.287. The molecule has 3 heterocycles. The molecule has 0 saturated carbocycles. The summed E-state index contributed by atoms with van der Waals surface area (Å²) in [5.41, 5.74) is 0.870. The van der Waals surface area contributed by atoms with E-state index in [1.54, 1.807) is 4.90 Å². The second kappa shape index (κ2) is 6.84. The number of amides is 1. The van der Waals surface area contributed by atoms with Crippen molar-refractivity contribution >= 4 is 11.8 Å². The number of carbonyl (C=O) groups is 1. The predicted octanol–water partition coefficient (Wildman–Crippen LogP) is 2.29. The number of hydrogen-bond donors (Lipinski definition) is 1. The highest BCUT2D eigenvalue weighted by atomic mass is 16.6. The zero-order valence-corrected chi connectivity index (χ0v) is 14.4. The molecule has 1 fully saturated rings. The number of aromatic nitrogens is 3. The van der Waals surface area contributed by atoms with E-state index in [2.05, 4.69) is 27.0 Å². The Kier molecular flexibility index (Phi) is 4.40. The Morgan fingerprint density at radius 2 is 2.12 bits per heavy atom. The van der Waals surface area contributed by atoms with Gasteiger partial charge >= 0.3 is 6.09 Å². The maximum atomic E-state index is 12.1. The molecule has 0 bridgehead atoms. The Hall–Kier alpha value is -2.41. The number of benzene rings is 1. The first-order valence-electron chi connectivity index (χ1n) is 8.91. The number of rotatable bonds is 5. The molecule has 0 radical (unpaired) electrons.